The van der Waals surface area contributed by atoms with Gasteiger partial charge in [-0.25, -0.2) is 18.6 Å². The number of hydrogen-bond donors (Lipinski definition) is 1. The Morgan fingerprint density at radius 1 is 1.15 bits per heavy atom. The second-order valence-electron chi connectivity index (χ2n) is 7.52. The number of thioether (sulfide) groups is 1. The average molecular weight is 470 g/mol. The van der Waals surface area contributed by atoms with Crippen molar-refractivity contribution in [3.05, 3.63) is 93.7 Å². The van der Waals surface area contributed by atoms with Crippen LogP contribution in [0.1, 0.15) is 30.5 Å². The fourth-order valence-corrected chi connectivity index (χ4v) is 4.77. The topological polar surface area (TPSA) is 71.0 Å². The highest BCUT2D eigenvalue weighted by Gasteiger charge is 2.41. The van der Waals surface area contributed by atoms with Crippen LogP contribution in [-0.2, 0) is 20.9 Å². The molecule has 0 bridgehead atoms. The van der Waals surface area contributed by atoms with Gasteiger partial charge in [-0.1, -0.05) is 36.0 Å². The molecule has 4 rings (SSSR count). The van der Waals surface area contributed by atoms with Crippen LogP contribution in [0.5, 0.6) is 0 Å². The number of nitrogens with one attached hydrogen (secondary N) is 1. The van der Waals surface area contributed by atoms with Crippen molar-refractivity contribution in [3.63, 3.8) is 0 Å². The van der Waals surface area contributed by atoms with Gasteiger partial charge in [0.05, 0.1) is 30.8 Å². The molecule has 2 heterocycles. The molecule has 6 nitrogen and oxygen atoms in total. The number of halogens is 2. The summed E-state index contributed by atoms with van der Waals surface area (Å²) in [6.45, 7) is 1.88. The minimum absolute atomic E-state index is 0.000646. The third-order valence-electron chi connectivity index (χ3n) is 5.29. The van der Waals surface area contributed by atoms with E-state index in [1.54, 1.807) is 41.5 Å². The summed E-state index contributed by atoms with van der Waals surface area (Å²) >= 11 is 1.32. The van der Waals surface area contributed by atoms with Crippen molar-refractivity contribution in [1.29, 1.82) is 0 Å². The standard InChI is InChI=1S/C24H21F2N3O3S/c1-14-21(23(31)32-2)22(16-6-4-8-18(26)10-16)29-19(13-33-24(29)28-14)11-20(30)27-12-15-5-3-7-17(25)9-15/h3-10,13,22H,11-12H2,1-2H3,(H,27,30)/t22-/m1/s1. The molecule has 170 valence electrons. The Morgan fingerprint density at radius 3 is 2.58 bits per heavy atom. The molecule has 0 unspecified atom stereocenters. The lowest BCUT2D eigenvalue weighted by Crippen LogP contribution is -2.38. The molecular weight excluding hydrogens is 448 g/mol. The summed E-state index contributed by atoms with van der Waals surface area (Å²) in [6, 6.07) is 11.3. The van der Waals surface area contributed by atoms with Gasteiger partial charge in [0, 0.05) is 12.2 Å². The molecule has 0 aliphatic carbocycles. The highest BCUT2D eigenvalue weighted by atomic mass is 32.2. The lowest BCUT2D eigenvalue weighted by molar-refractivity contribution is -0.136. The fourth-order valence-electron chi connectivity index (χ4n) is 3.81. The molecule has 0 aromatic heterocycles. The number of rotatable bonds is 6. The summed E-state index contributed by atoms with van der Waals surface area (Å²) < 4.78 is 32.4. The molecule has 2 aromatic carbocycles. The highest BCUT2D eigenvalue weighted by Crippen LogP contribution is 2.44. The van der Waals surface area contributed by atoms with Crippen LogP contribution >= 0.6 is 11.8 Å². The van der Waals surface area contributed by atoms with Gasteiger partial charge in [-0.15, -0.1) is 0 Å². The van der Waals surface area contributed by atoms with Crippen molar-refractivity contribution in [2.75, 3.05) is 7.11 Å². The number of allylic oxidation sites excluding steroid dienone is 1. The number of hydrogen-bond acceptors (Lipinski definition) is 6. The number of amidine groups is 1. The van der Waals surface area contributed by atoms with E-state index in [1.807, 2.05) is 0 Å². The monoisotopic (exact) mass is 469 g/mol. The SMILES string of the molecule is COC(=O)C1=C(C)N=C2SC=C(CC(=O)NCc3cccc(F)c3)N2[C@@H]1c1cccc(F)c1. The first-order chi connectivity index (χ1) is 15.9. The molecule has 2 aliphatic heterocycles. The summed E-state index contributed by atoms with van der Waals surface area (Å²) in [5, 5.41) is 5.16. The largest absolute Gasteiger partial charge is 0.466 e. The number of nitrogens with zero attached hydrogens (tertiary/aromatic N) is 2. The molecule has 9 heteroatoms. The van der Waals surface area contributed by atoms with Crippen LogP contribution < -0.4 is 5.32 Å². The van der Waals surface area contributed by atoms with Crippen molar-refractivity contribution in [2.24, 2.45) is 4.99 Å². The quantitative estimate of drug-likeness (QED) is 0.635. The third-order valence-corrected chi connectivity index (χ3v) is 6.18. The summed E-state index contributed by atoms with van der Waals surface area (Å²) in [5.41, 5.74) is 2.54. The number of esters is 1. The van der Waals surface area contributed by atoms with Crippen LogP contribution in [-0.4, -0.2) is 29.1 Å². The zero-order valence-corrected chi connectivity index (χ0v) is 18.8. The Bertz CT molecular complexity index is 1210. The minimum atomic E-state index is -0.696. The number of fused-ring (bicyclic) bond motifs is 1. The van der Waals surface area contributed by atoms with E-state index in [9.17, 15) is 18.4 Å². The van der Waals surface area contributed by atoms with Crippen LogP contribution in [0.15, 0.2) is 75.9 Å². The van der Waals surface area contributed by atoms with E-state index >= 15 is 0 Å². The van der Waals surface area contributed by atoms with E-state index in [0.29, 0.717) is 27.7 Å². The third kappa shape index (κ3) is 4.83. The second kappa shape index (κ2) is 9.58. The lowest BCUT2D eigenvalue weighted by Gasteiger charge is -2.36. The number of carbonyl (C=O) groups is 2. The number of amides is 1. The van der Waals surface area contributed by atoms with Gasteiger partial charge in [0.15, 0.2) is 5.17 Å². The van der Waals surface area contributed by atoms with Crippen LogP contribution in [0.3, 0.4) is 0 Å². The van der Waals surface area contributed by atoms with Crippen molar-refractivity contribution >= 4 is 28.8 Å². The molecule has 0 saturated heterocycles. The van der Waals surface area contributed by atoms with Gasteiger partial charge >= 0.3 is 5.97 Å². The molecular formula is C24H21F2N3O3S. The molecule has 0 radical (unpaired) electrons. The highest BCUT2D eigenvalue weighted by molar-refractivity contribution is 8.16. The Balaban J connectivity index is 1.59. The lowest BCUT2D eigenvalue weighted by atomic mass is 9.94. The average Bonchev–Trinajstić information content (AvgIpc) is 3.18. The van der Waals surface area contributed by atoms with Crippen LogP contribution in [0.25, 0.3) is 0 Å². The van der Waals surface area contributed by atoms with E-state index in [0.717, 1.165) is 0 Å². The number of ether oxygens (including phenoxy) is 1. The van der Waals surface area contributed by atoms with Gasteiger partial charge in [-0.3, -0.25) is 4.79 Å². The van der Waals surface area contributed by atoms with Crippen LogP contribution in [0.4, 0.5) is 8.78 Å². The smallest absolute Gasteiger partial charge is 0.338 e. The van der Waals surface area contributed by atoms with Gasteiger partial charge < -0.3 is 15.0 Å². The van der Waals surface area contributed by atoms with E-state index in [1.165, 1.54) is 43.1 Å². The molecule has 0 saturated carbocycles. The molecule has 0 fully saturated rings. The summed E-state index contributed by atoms with van der Waals surface area (Å²) in [5.74, 6) is -1.67. The fraction of sp³-hybridized carbons (Fsp3) is 0.208. The van der Waals surface area contributed by atoms with Crippen LogP contribution in [0.2, 0.25) is 0 Å². The van der Waals surface area contributed by atoms with Gasteiger partial charge in [-0.2, -0.15) is 0 Å². The normalized spacial score (nSPS) is 17.3. The number of methoxy groups -OCH3 is 1. The molecule has 33 heavy (non-hydrogen) atoms. The summed E-state index contributed by atoms with van der Waals surface area (Å²) in [4.78, 5) is 31.6. The number of aliphatic imine (C=N–C) groups is 1. The predicted molar refractivity (Wildman–Crippen MR) is 122 cm³/mol. The molecule has 1 amide bonds. The minimum Gasteiger partial charge on any atom is -0.466 e. The van der Waals surface area contributed by atoms with E-state index in [4.69, 9.17) is 4.74 Å². The van der Waals surface area contributed by atoms with Crippen molar-refractivity contribution in [3.8, 4) is 0 Å². The molecule has 1 atom stereocenters. The van der Waals surface area contributed by atoms with Gasteiger partial charge in [0.1, 0.15) is 11.6 Å². The number of benzene rings is 2. The van der Waals surface area contributed by atoms with Crippen molar-refractivity contribution < 1.29 is 23.1 Å². The van der Waals surface area contributed by atoms with Gasteiger partial charge in [0.2, 0.25) is 5.91 Å². The summed E-state index contributed by atoms with van der Waals surface area (Å²) in [7, 11) is 1.28. The maximum Gasteiger partial charge on any atom is 0.338 e. The molecule has 0 spiro atoms. The molecule has 2 aliphatic rings. The zero-order chi connectivity index (χ0) is 23.5. The Kier molecular flexibility index (Phi) is 6.60. The van der Waals surface area contributed by atoms with Crippen molar-refractivity contribution in [2.45, 2.75) is 25.9 Å². The van der Waals surface area contributed by atoms with E-state index < -0.39 is 17.8 Å². The van der Waals surface area contributed by atoms with Gasteiger partial charge in [0.25, 0.3) is 0 Å². The number of carbonyl (C=O) groups excluding carboxylic acids is 2. The van der Waals surface area contributed by atoms with Gasteiger partial charge in [-0.05, 0) is 47.7 Å². The Morgan fingerprint density at radius 2 is 1.88 bits per heavy atom. The molecule has 2 aromatic rings. The summed E-state index contributed by atoms with van der Waals surface area (Å²) in [6.07, 6.45) is 0.000646. The van der Waals surface area contributed by atoms with Crippen molar-refractivity contribution in [1.82, 2.24) is 10.2 Å². The maximum absolute atomic E-state index is 14.1. The maximum atomic E-state index is 14.1. The van der Waals surface area contributed by atoms with Crippen LogP contribution in [0, 0.1) is 11.6 Å². The Hall–Kier alpha value is -3.46. The first kappa shape index (κ1) is 22.7. The van der Waals surface area contributed by atoms with E-state index in [-0.39, 0.29) is 30.3 Å². The Labute approximate surface area is 194 Å². The molecule has 1 N–H and O–H groups in total. The predicted octanol–water partition coefficient (Wildman–Crippen LogP) is 4.42. The first-order valence-electron chi connectivity index (χ1n) is 10.2. The first-order valence-corrected chi connectivity index (χ1v) is 11.0. The second-order valence-corrected chi connectivity index (χ2v) is 8.36. The zero-order valence-electron chi connectivity index (χ0n) is 18.0. The van der Waals surface area contributed by atoms with E-state index in [2.05, 4.69) is 10.3 Å².